The van der Waals surface area contributed by atoms with E-state index in [2.05, 4.69) is 32.0 Å². The minimum atomic E-state index is -0.155. The molecule has 2 aliphatic heterocycles. The summed E-state index contributed by atoms with van der Waals surface area (Å²) in [6, 6.07) is 14.8. The third kappa shape index (κ3) is 3.98. The third-order valence-electron chi connectivity index (χ3n) is 5.37. The van der Waals surface area contributed by atoms with Crippen molar-refractivity contribution in [2.75, 3.05) is 18.5 Å². The fourth-order valence-electron chi connectivity index (χ4n) is 3.90. The molecule has 2 saturated heterocycles. The summed E-state index contributed by atoms with van der Waals surface area (Å²) >= 11 is 5.44. The van der Waals surface area contributed by atoms with Crippen LogP contribution in [0.1, 0.15) is 11.6 Å². The minimum absolute atomic E-state index is 0.0735. The second-order valence-corrected chi connectivity index (χ2v) is 7.77. The Morgan fingerprint density at radius 1 is 1.13 bits per heavy atom. The second-order valence-electron chi connectivity index (χ2n) is 7.36. The number of hydrogen-bond acceptors (Lipinski definition) is 7. The largest absolute Gasteiger partial charge is 0.371 e. The summed E-state index contributed by atoms with van der Waals surface area (Å²) in [4.78, 5) is 4.32. The number of pyridine rings is 1. The van der Waals surface area contributed by atoms with Crippen molar-refractivity contribution in [1.82, 2.24) is 25.3 Å². The highest BCUT2D eigenvalue weighted by molar-refractivity contribution is 7.80. The maximum absolute atomic E-state index is 9.04. The summed E-state index contributed by atoms with van der Waals surface area (Å²) in [7, 11) is 0. The van der Waals surface area contributed by atoms with E-state index in [9.17, 15) is 0 Å². The lowest BCUT2D eigenvalue weighted by atomic mass is 10.1. The molecule has 10 heteroatoms. The topological polar surface area (TPSA) is 110 Å². The molecule has 4 unspecified atom stereocenters. The molecule has 0 spiro atoms. The van der Waals surface area contributed by atoms with Crippen LogP contribution in [0, 0.1) is 11.3 Å². The van der Waals surface area contributed by atoms with Crippen LogP contribution >= 0.6 is 12.2 Å². The molecule has 0 radical (unpaired) electrons. The zero-order valence-electron chi connectivity index (χ0n) is 16.4. The first-order chi connectivity index (χ1) is 15.2. The number of nitrogens with one attached hydrogen (secondary N) is 2. The van der Waals surface area contributed by atoms with Crippen LogP contribution in [0.15, 0.2) is 54.9 Å². The number of ether oxygens (including phenoxy) is 2. The number of fused-ring (bicyclic) bond motifs is 1. The highest BCUT2D eigenvalue weighted by Crippen LogP contribution is 2.34. The van der Waals surface area contributed by atoms with Gasteiger partial charge in [0.1, 0.15) is 23.9 Å². The molecule has 3 aromatic rings. The third-order valence-corrected chi connectivity index (χ3v) is 5.59. The Kier molecular flexibility index (Phi) is 5.30. The molecule has 5 rings (SSSR count). The summed E-state index contributed by atoms with van der Waals surface area (Å²) in [6.07, 6.45) is 3.29. The second kappa shape index (κ2) is 8.39. The van der Waals surface area contributed by atoms with Crippen molar-refractivity contribution in [3.05, 3.63) is 60.4 Å². The van der Waals surface area contributed by atoms with E-state index in [-0.39, 0.29) is 24.3 Å². The molecule has 0 amide bonds. The number of aromatic nitrogens is 4. The number of hydrogen-bond donors (Lipinski definition) is 2. The number of nitriles is 1. The van der Waals surface area contributed by atoms with E-state index in [1.807, 2.05) is 30.5 Å². The van der Waals surface area contributed by atoms with Crippen LogP contribution in [0.2, 0.25) is 0 Å². The van der Waals surface area contributed by atoms with Crippen LogP contribution in [0.25, 0.3) is 11.4 Å². The van der Waals surface area contributed by atoms with Crippen LogP contribution in [0.3, 0.4) is 0 Å². The Morgan fingerprint density at radius 2 is 2.03 bits per heavy atom. The molecule has 2 N–H and O–H groups in total. The molecule has 1 aromatic carbocycles. The predicted molar refractivity (Wildman–Crippen MR) is 116 cm³/mol. The highest BCUT2D eigenvalue weighted by atomic mass is 32.1. The first kappa shape index (κ1) is 19.6. The van der Waals surface area contributed by atoms with Gasteiger partial charge in [0.05, 0.1) is 42.8 Å². The summed E-state index contributed by atoms with van der Waals surface area (Å²) < 4.78 is 13.9. The molecule has 156 valence electrons. The van der Waals surface area contributed by atoms with Crippen molar-refractivity contribution in [3.8, 4) is 17.5 Å². The molecular weight excluding hydrogens is 414 g/mol. The standard InChI is InChI=1S/C21H19N7O2S/c22-9-13-4-3-5-14(8-13)24-21(31)25-17-11-29-20-18(12-30-19(17)20)28-10-16(26-27-28)15-6-1-2-7-23-15/h1-8,10,17-20H,11-12H2,(H2,24,25,31). The molecule has 31 heavy (non-hydrogen) atoms. The van der Waals surface area contributed by atoms with E-state index in [4.69, 9.17) is 27.0 Å². The van der Waals surface area contributed by atoms with Crippen molar-refractivity contribution in [2.24, 2.45) is 0 Å². The Morgan fingerprint density at radius 3 is 2.87 bits per heavy atom. The maximum Gasteiger partial charge on any atom is 0.171 e. The molecule has 0 saturated carbocycles. The van der Waals surface area contributed by atoms with Gasteiger partial charge in [-0.1, -0.05) is 17.3 Å². The van der Waals surface area contributed by atoms with Gasteiger partial charge in [0.15, 0.2) is 5.11 Å². The van der Waals surface area contributed by atoms with Gasteiger partial charge in [-0.25, -0.2) is 4.68 Å². The number of benzene rings is 1. The average Bonchev–Trinajstić information content (AvgIpc) is 3.52. The van der Waals surface area contributed by atoms with E-state index in [1.54, 1.807) is 29.1 Å². The zero-order chi connectivity index (χ0) is 21.2. The van der Waals surface area contributed by atoms with E-state index < -0.39 is 0 Å². The summed E-state index contributed by atoms with van der Waals surface area (Å²) in [6.45, 7) is 0.941. The van der Waals surface area contributed by atoms with Gasteiger partial charge in [-0.05, 0) is 42.5 Å². The number of nitrogens with zero attached hydrogens (tertiary/aromatic N) is 5. The first-order valence-electron chi connectivity index (χ1n) is 9.85. The van der Waals surface area contributed by atoms with Gasteiger partial charge in [0, 0.05) is 11.9 Å². The molecular formula is C21H19N7O2S. The Balaban J connectivity index is 1.22. The lowest BCUT2D eigenvalue weighted by Crippen LogP contribution is -2.45. The summed E-state index contributed by atoms with van der Waals surface area (Å²) in [5, 5.41) is 24.4. The van der Waals surface area contributed by atoms with Gasteiger partial charge in [0.25, 0.3) is 0 Å². The average molecular weight is 433 g/mol. The molecule has 4 atom stereocenters. The van der Waals surface area contributed by atoms with Gasteiger partial charge < -0.3 is 20.1 Å². The molecule has 9 nitrogen and oxygen atoms in total. The fourth-order valence-corrected chi connectivity index (χ4v) is 4.17. The van der Waals surface area contributed by atoms with Gasteiger partial charge >= 0.3 is 0 Å². The SMILES string of the molecule is N#Cc1cccc(NC(=S)NC2COC3C2OCC3n2cc(-c3ccccn3)nn2)c1. The van der Waals surface area contributed by atoms with E-state index in [0.29, 0.717) is 29.6 Å². The van der Waals surface area contributed by atoms with Gasteiger partial charge in [-0.3, -0.25) is 4.98 Å². The molecule has 0 aliphatic carbocycles. The monoisotopic (exact) mass is 433 g/mol. The lowest BCUT2D eigenvalue weighted by molar-refractivity contribution is 0.0624. The fraction of sp³-hybridized carbons (Fsp3) is 0.286. The molecule has 0 bridgehead atoms. The maximum atomic E-state index is 9.04. The van der Waals surface area contributed by atoms with Crippen molar-refractivity contribution in [1.29, 1.82) is 5.26 Å². The van der Waals surface area contributed by atoms with E-state index >= 15 is 0 Å². The number of thiocarbonyl (C=S) groups is 1. The Hall–Kier alpha value is -3.39. The molecule has 2 aromatic heterocycles. The van der Waals surface area contributed by atoms with Crippen molar-refractivity contribution in [3.63, 3.8) is 0 Å². The highest BCUT2D eigenvalue weighted by Gasteiger charge is 2.49. The minimum Gasteiger partial charge on any atom is -0.371 e. The quantitative estimate of drug-likeness (QED) is 0.596. The van der Waals surface area contributed by atoms with E-state index in [1.165, 1.54) is 0 Å². The lowest BCUT2D eigenvalue weighted by Gasteiger charge is -2.20. The number of rotatable bonds is 4. The van der Waals surface area contributed by atoms with Gasteiger partial charge in [-0.2, -0.15) is 5.26 Å². The predicted octanol–water partition coefficient (Wildman–Crippen LogP) is 1.91. The smallest absolute Gasteiger partial charge is 0.171 e. The molecule has 2 fully saturated rings. The summed E-state index contributed by atoms with van der Waals surface area (Å²) in [5.74, 6) is 0. The molecule has 4 heterocycles. The van der Waals surface area contributed by atoms with Gasteiger partial charge in [-0.15, -0.1) is 5.10 Å². The van der Waals surface area contributed by atoms with Crippen molar-refractivity contribution >= 4 is 23.0 Å². The van der Waals surface area contributed by atoms with Crippen molar-refractivity contribution < 1.29 is 9.47 Å². The normalized spacial score (nSPS) is 24.4. The van der Waals surface area contributed by atoms with Crippen molar-refractivity contribution in [2.45, 2.75) is 24.3 Å². The zero-order valence-corrected chi connectivity index (χ0v) is 17.2. The Bertz CT molecular complexity index is 1130. The van der Waals surface area contributed by atoms with Gasteiger partial charge in [0.2, 0.25) is 0 Å². The van der Waals surface area contributed by atoms with Crippen LogP contribution < -0.4 is 10.6 Å². The Labute approximate surface area is 184 Å². The van der Waals surface area contributed by atoms with Crippen LogP contribution in [0.5, 0.6) is 0 Å². The molecule has 2 aliphatic rings. The van der Waals surface area contributed by atoms with E-state index in [0.717, 1.165) is 11.4 Å². The van der Waals surface area contributed by atoms with Crippen LogP contribution in [-0.2, 0) is 9.47 Å². The van der Waals surface area contributed by atoms with Crippen LogP contribution in [0.4, 0.5) is 5.69 Å². The van der Waals surface area contributed by atoms with Crippen LogP contribution in [-0.4, -0.2) is 56.6 Å². The number of anilines is 1. The summed E-state index contributed by atoms with van der Waals surface area (Å²) in [5.41, 5.74) is 2.80. The first-order valence-corrected chi connectivity index (χ1v) is 10.3.